The molecule has 0 atom stereocenters. The van der Waals surface area contributed by atoms with Crippen LogP contribution in [-0.2, 0) is 4.74 Å². The zero-order valence-electron chi connectivity index (χ0n) is 10.2. The second-order valence-electron chi connectivity index (χ2n) is 4.56. The van der Waals surface area contributed by atoms with Gasteiger partial charge in [0.05, 0.1) is 19.0 Å². The molecule has 96 valence electrons. The molecular formula is C14H16FNOS. The van der Waals surface area contributed by atoms with Gasteiger partial charge < -0.3 is 4.74 Å². The van der Waals surface area contributed by atoms with Crippen LogP contribution in [0.25, 0.3) is 5.57 Å². The molecule has 0 N–H and O–H groups in total. The molecule has 0 radical (unpaired) electrons. The van der Waals surface area contributed by atoms with Crippen molar-refractivity contribution in [3.63, 3.8) is 0 Å². The summed E-state index contributed by atoms with van der Waals surface area (Å²) in [4.78, 5) is 3.47. The lowest BCUT2D eigenvalue weighted by atomic mass is 10.0. The Hall–Kier alpha value is -0.840. The Morgan fingerprint density at radius 3 is 2.83 bits per heavy atom. The molecule has 2 aliphatic rings. The van der Waals surface area contributed by atoms with Crippen LogP contribution in [0.3, 0.4) is 0 Å². The van der Waals surface area contributed by atoms with Gasteiger partial charge in [-0.2, -0.15) is 0 Å². The van der Waals surface area contributed by atoms with Gasteiger partial charge in [-0.25, -0.2) is 4.39 Å². The Labute approximate surface area is 111 Å². The first-order valence-corrected chi connectivity index (χ1v) is 7.23. The molecule has 1 fully saturated rings. The second kappa shape index (κ2) is 5.43. The molecule has 0 spiro atoms. The minimum Gasteiger partial charge on any atom is -0.379 e. The van der Waals surface area contributed by atoms with Crippen LogP contribution in [0.4, 0.5) is 4.39 Å². The van der Waals surface area contributed by atoms with Crippen LogP contribution < -0.4 is 0 Å². The molecule has 2 nitrogen and oxygen atoms in total. The van der Waals surface area contributed by atoms with Gasteiger partial charge in [0.15, 0.2) is 0 Å². The number of hydrogen-bond acceptors (Lipinski definition) is 3. The molecule has 0 aliphatic carbocycles. The van der Waals surface area contributed by atoms with Crippen molar-refractivity contribution in [3.05, 3.63) is 35.7 Å². The summed E-state index contributed by atoms with van der Waals surface area (Å²) in [5.41, 5.74) is 1.93. The highest BCUT2D eigenvalue weighted by Crippen LogP contribution is 2.37. The molecule has 2 heterocycles. The predicted molar refractivity (Wildman–Crippen MR) is 72.5 cm³/mol. The Balaban J connectivity index is 1.84. The van der Waals surface area contributed by atoms with E-state index in [1.165, 1.54) is 4.90 Å². The largest absolute Gasteiger partial charge is 0.379 e. The Morgan fingerprint density at radius 1 is 1.22 bits per heavy atom. The summed E-state index contributed by atoms with van der Waals surface area (Å²) < 4.78 is 19.4. The van der Waals surface area contributed by atoms with Gasteiger partial charge in [0.2, 0.25) is 0 Å². The molecule has 2 aliphatic heterocycles. The van der Waals surface area contributed by atoms with Crippen LogP contribution in [0, 0.1) is 0 Å². The van der Waals surface area contributed by atoms with E-state index < -0.39 is 0 Å². The number of morpholine rings is 1. The molecular weight excluding hydrogens is 249 g/mol. The Kier molecular flexibility index (Phi) is 3.68. The van der Waals surface area contributed by atoms with Crippen molar-refractivity contribution in [2.24, 2.45) is 0 Å². The van der Waals surface area contributed by atoms with Gasteiger partial charge in [-0.1, -0.05) is 18.2 Å². The van der Waals surface area contributed by atoms with Crippen molar-refractivity contribution in [2.45, 2.75) is 4.90 Å². The molecule has 0 aromatic heterocycles. The average molecular weight is 265 g/mol. The van der Waals surface area contributed by atoms with Crippen molar-refractivity contribution in [3.8, 4) is 0 Å². The van der Waals surface area contributed by atoms with Crippen molar-refractivity contribution in [1.82, 2.24) is 4.90 Å². The van der Waals surface area contributed by atoms with Gasteiger partial charge in [0.25, 0.3) is 0 Å². The summed E-state index contributed by atoms with van der Waals surface area (Å²) >= 11 is 1.59. The number of rotatable bonds is 2. The van der Waals surface area contributed by atoms with E-state index in [4.69, 9.17) is 4.74 Å². The summed E-state index contributed by atoms with van der Waals surface area (Å²) in [6, 6.07) is 8.10. The molecule has 18 heavy (non-hydrogen) atoms. The SMILES string of the molecule is FC1=C(CN2CCOCC2)c2ccccc2SC1. The standard InChI is InChI=1S/C14H16FNOS/c15-13-10-18-14-4-2-1-3-11(14)12(13)9-16-5-7-17-8-6-16/h1-4H,5-10H2. The first kappa shape index (κ1) is 12.2. The second-order valence-corrected chi connectivity index (χ2v) is 5.57. The van der Waals surface area contributed by atoms with Crippen molar-refractivity contribution in [1.29, 1.82) is 0 Å². The fraction of sp³-hybridized carbons (Fsp3) is 0.429. The zero-order chi connectivity index (χ0) is 12.4. The van der Waals surface area contributed by atoms with Crippen LogP contribution >= 0.6 is 11.8 Å². The van der Waals surface area contributed by atoms with Crippen LogP contribution in [0.2, 0.25) is 0 Å². The molecule has 0 bridgehead atoms. The van der Waals surface area contributed by atoms with Crippen molar-refractivity contribution in [2.75, 3.05) is 38.6 Å². The molecule has 1 aromatic rings. The van der Waals surface area contributed by atoms with Gasteiger partial charge in [0, 0.05) is 30.1 Å². The van der Waals surface area contributed by atoms with Gasteiger partial charge in [-0.05, 0) is 11.6 Å². The number of nitrogens with zero attached hydrogens (tertiary/aromatic N) is 1. The topological polar surface area (TPSA) is 12.5 Å². The Morgan fingerprint density at radius 2 is 2.00 bits per heavy atom. The van der Waals surface area contributed by atoms with E-state index in [2.05, 4.69) is 11.0 Å². The van der Waals surface area contributed by atoms with E-state index in [1.54, 1.807) is 11.8 Å². The molecule has 1 saturated heterocycles. The zero-order valence-corrected chi connectivity index (χ0v) is 11.0. The maximum absolute atomic E-state index is 14.1. The molecule has 0 saturated carbocycles. The minimum atomic E-state index is 0.0326. The normalized spacial score (nSPS) is 20.9. The van der Waals surface area contributed by atoms with Gasteiger partial charge in [-0.3, -0.25) is 4.90 Å². The highest BCUT2D eigenvalue weighted by Gasteiger charge is 2.22. The summed E-state index contributed by atoms with van der Waals surface area (Å²) in [7, 11) is 0. The number of halogens is 1. The lowest BCUT2D eigenvalue weighted by Crippen LogP contribution is -2.37. The third-order valence-corrected chi connectivity index (χ3v) is 4.44. The number of ether oxygens (including phenoxy) is 1. The third kappa shape index (κ3) is 2.46. The average Bonchev–Trinajstić information content (AvgIpc) is 2.43. The molecule has 0 unspecified atom stereocenters. The van der Waals surface area contributed by atoms with Crippen LogP contribution in [-0.4, -0.2) is 43.5 Å². The first-order valence-electron chi connectivity index (χ1n) is 6.24. The van der Waals surface area contributed by atoms with Gasteiger partial charge >= 0.3 is 0 Å². The summed E-state index contributed by atoms with van der Waals surface area (Å²) in [5.74, 6) is 0.502. The van der Waals surface area contributed by atoms with E-state index in [9.17, 15) is 4.39 Å². The van der Waals surface area contributed by atoms with E-state index in [1.807, 2.05) is 18.2 Å². The van der Waals surface area contributed by atoms with Gasteiger partial charge in [0.1, 0.15) is 5.83 Å². The predicted octanol–water partition coefficient (Wildman–Crippen LogP) is 2.81. The number of fused-ring (bicyclic) bond motifs is 1. The lowest BCUT2D eigenvalue weighted by molar-refractivity contribution is 0.0442. The fourth-order valence-corrected chi connectivity index (χ4v) is 3.35. The van der Waals surface area contributed by atoms with Gasteiger partial charge in [-0.15, -0.1) is 11.8 Å². The van der Waals surface area contributed by atoms with E-state index >= 15 is 0 Å². The van der Waals surface area contributed by atoms with Crippen LogP contribution in [0.1, 0.15) is 5.56 Å². The Bertz CT molecular complexity index is 469. The van der Waals surface area contributed by atoms with E-state index in [-0.39, 0.29) is 5.83 Å². The highest BCUT2D eigenvalue weighted by atomic mass is 32.2. The third-order valence-electron chi connectivity index (χ3n) is 3.38. The minimum absolute atomic E-state index is 0.0326. The number of hydrogen-bond donors (Lipinski definition) is 0. The number of benzene rings is 1. The monoisotopic (exact) mass is 265 g/mol. The molecule has 3 rings (SSSR count). The summed E-state index contributed by atoms with van der Waals surface area (Å²) in [5, 5.41) is 0. The lowest BCUT2D eigenvalue weighted by Gasteiger charge is -2.29. The fourth-order valence-electron chi connectivity index (χ4n) is 2.37. The van der Waals surface area contributed by atoms with E-state index in [0.29, 0.717) is 12.3 Å². The smallest absolute Gasteiger partial charge is 0.115 e. The quantitative estimate of drug-likeness (QED) is 0.816. The summed E-state index contributed by atoms with van der Waals surface area (Å²) in [6.07, 6.45) is 0. The molecule has 0 amide bonds. The van der Waals surface area contributed by atoms with Crippen LogP contribution in [0.15, 0.2) is 35.0 Å². The molecule has 4 heteroatoms. The van der Waals surface area contributed by atoms with Crippen LogP contribution in [0.5, 0.6) is 0 Å². The van der Waals surface area contributed by atoms with Crippen molar-refractivity contribution < 1.29 is 9.13 Å². The highest BCUT2D eigenvalue weighted by molar-refractivity contribution is 7.99. The maximum Gasteiger partial charge on any atom is 0.115 e. The summed E-state index contributed by atoms with van der Waals surface area (Å²) in [6.45, 7) is 4.00. The van der Waals surface area contributed by atoms with Crippen molar-refractivity contribution >= 4 is 17.3 Å². The van der Waals surface area contributed by atoms with E-state index in [0.717, 1.165) is 37.4 Å². The number of thioether (sulfide) groups is 1. The molecule has 1 aromatic carbocycles. The first-order chi connectivity index (χ1) is 8.84. The maximum atomic E-state index is 14.1.